The summed E-state index contributed by atoms with van der Waals surface area (Å²) >= 11 is 5.61. The molecule has 5 heteroatoms. The van der Waals surface area contributed by atoms with E-state index < -0.39 is 12.9 Å². The summed E-state index contributed by atoms with van der Waals surface area (Å²) in [6, 6.07) is 3.79. The topological polar surface area (TPSA) is 40.5 Å². The Bertz CT molecular complexity index is 280. The molecule has 2 nitrogen and oxygen atoms in total. The van der Waals surface area contributed by atoms with Crippen molar-refractivity contribution in [3.63, 3.8) is 0 Å². The standard InChI is InChI=1S/C7H7BClFO2/c9-7-3-6(10)2-1-5(7)4-8(11)12/h1-3,11-12H,4H2. The Balaban J connectivity index is 2.86. The van der Waals surface area contributed by atoms with Gasteiger partial charge in [-0.2, -0.15) is 0 Å². The van der Waals surface area contributed by atoms with Gasteiger partial charge in [-0.05, 0) is 17.7 Å². The third kappa shape index (κ3) is 2.48. The minimum atomic E-state index is -1.45. The first-order chi connectivity index (χ1) is 5.59. The van der Waals surface area contributed by atoms with Crippen molar-refractivity contribution in [2.24, 2.45) is 0 Å². The monoisotopic (exact) mass is 188 g/mol. The highest BCUT2D eigenvalue weighted by Crippen LogP contribution is 2.17. The highest BCUT2D eigenvalue weighted by atomic mass is 35.5. The van der Waals surface area contributed by atoms with Crippen molar-refractivity contribution in [3.8, 4) is 0 Å². The van der Waals surface area contributed by atoms with Crippen LogP contribution in [0.15, 0.2) is 18.2 Å². The summed E-state index contributed by atoms with van der Waals surface area (Å²) in [5.74, 6) is -0.434. The second kappa shape index (κ2) is 3.89. The lowest BCUT2D eigenvalue weighted by Crippen LogP contribution is -2.15. The molecule has 1 rings (SSSR count). The molecule has 0 radical (unpaired) electrons. The van der Waals surface area contributed by atoms with E-state index in [9.17, 15) is 4.39 Å². The fraction of sp³-hybridized carbons (Fsp3) is 0.143. The van der Waals surface area contributed by atoms with Crippen LogP contribution in [0, 0.1) is 5.82 Å². The molecule has 0 aromatic heterocycles. The van der Waals surface area contributed by atoms with Gasteiger partial charge >= 0.3 is 7.12 Å². The van der Waals surface area contributed by atoms with E-state index in [1.807, 2.05) is 0 Å². The van der Waals surface area contributed by atoms with Gasteiger partial charge in [-0.25, -0.2) is 4.39 Å². The van der Waals surface area contributed by atoms with E-state index in [0.29, 0.717) is 5.56 Å². The van der Waals surface area contributed by atoms with Gasteiger partial charge in [0, 0.05) is 11.3 Å². The molecule has 0 amide bonds. The van der Waals surface area contributed by atoms with Gasteiger partial charge in [-0.3, -0.25) is 0 Å². The Kier molecular flexibility index (Phi) is 3.09. The fourth-order valence-corrected chi connectivity index (χ4v) is 1.13. The molecule has 0 atom stereocenters. The smallest absolute Gasteiger partial charge is 0.427 e. The molecular formula is C7H7BClFO2. The van der Waals surface area contributed by atoms with Crippen LogP contribution >= 0.6 is 11.6 Å². The lowest BCUT2D eigenvalue weighted by atomic mass is 9.82. The van der Waals surface area contributed by atoms with Gasteiger partial charge in [0.05, 0.1) is 0 Å². The molecule has 0 spiro atoms. The van der Waals surface area contributed by atoms with Crippen molar-refractivity contribution in [2.45, 2.75) is 6.32 Å². The van der Waals surface area contributed by atoms with E-state index in [0.717, 1.165) is 6.07 Å². The van der Waals surface area contributed by atoms with E-state index in [2.05, 4.69) is 0 Å². The number of hydrogen-bond donors (Lipinski definition) is 2. The second-order valence-electron chi connectivity index (χ2n) is 2.42. The minimum absolute atomic E-state index is 0.0130. The first-order valence-electron chi connectivity index (χ1n) is 3.39. The van der Waals surface area contributed by atoms with Crippen LogP contribution in [0.4, 0.5) is 4.39 Å². The van der Waals surface area contributed by atoms with E-state index >= 15 is 0 Å². The van der Waals surface area contributed by atoms with Crippen LogP contribution in [0.2, 0.25) is 5.02 Å². The van der Waals surface area contributed by atoms with E-state index in [1.165, 1.54) is 12.1 Å². The molecule has 0 unspecified atom stereocenters. The molecule has 0 saturated heterocycles. The number of halogens is 2. The molecule has 64 valence electrons. The fourth-order valence-electron chi connectivity index (χ4n) is 0.884. The van der Waals surface area contributed by atoms with Crippen molar-refractivity contribution >= 4 is 18.7 Å². The zero-order valence-corrected chi connectivity index (χ0v) is 6.92. The van der Waals surface area contributed by atoms with Gasteiger partial charge in [0.15, 0.2) is 0 Å². The van der Waals surface area contributed by atoms with Crippen molar-refractivity contribution < 1.29 is 14.4 Å². The Morgan fingerprint density at radius 2 is 2.08 bits per heavy atom. The van der Waals surface area contributed by atoms with Gasteiger partial charge in [0.1, 0.15) is 5.82 Å². The Morgan fingerprint density at radius 1 is 1.42 bits per heavy atom. The Morgan fingerprint density at radius 3 is 2.58 bits per heavy atom. The molecule has 0 bridgehead atoms. The zero-order valence-electron chi connectivity index (χ0n) is 6.17. The Hall–Kier alpha value is -0.575. The summed E-state index contributed by atoms with van der Waals surface area (Å²) in [7, 11) is -1.45. The van der Waals surface area contributed by atoms with Crippen LogP contribution in [-0.4, -0.2) is 17.2 Å². The molecule has 2 N–H and O–H groups in total. The summed E-state index contributed by atoms with van der Waals surface area (Å²) in [5.41, 5.74) is 0.521. The van der Waals surface area contributed by atoms with Gasteiger partial charge in [-0.1, -0.05) is 17.7 Å². The van der Waals surface area contributed by atoms with Crippen LogP contribution < -0.4 is 0 Å². The maximum Gasteiger partial charge on any atom is 0.456 e. The minimum Gasteiger partial charge on any atom is -0.427 e. The number of benzene rings is 1. The first kappa shape index (κ1) is 9.51. The molecule has 1 aromatic rings. The molecule has 0 aliphatic heterocycles. The Labute approximate surface area is 74.7 Å². The van der Waals surface area contributed by atoms with E-state index in [4.69, 9.17) is 21.6 Å². The van der Waals surface area contributed by atoms with Gasteiger partial charge in [0.25, 0.3) is 0 Å². The molecule has 0 heterocycles. The van der Waals surface area contributed by atoms with Crippen LogP contribution in [0.25, 0.3) is 0 Å². The quantitative estimate of drug-likeness (QED) is 0.681. The molecule has 0 fully saturated rings. The van der Waals surface area contributed by atoms with E-state index in [-0.39, 0.29) is 11.3 Å². The van der Waals surface area contributed by atoms with E-state index in [1.54, 1.807) is 0 Å². The van der Waals surface area contributed by atoms with Crippen LogP contribution in [-0.2, 0) is 6.32 Å². The highest BCUT2D eigenvalue weighted by Gasteiger charge is 2.10. The van der Waals surface area contributed by atoms with Crippen LogP contribution in [0.1, 0.15) is 5.56 Å². The second-order valence-corrected chi connectivity index (χ2v) is 2.83. The molecule has 0 aliphatic carbocycles. The summed E-state index contributed by atoms with van der Waals surface area (Å²) in [5, 5.41) is 17.4. The van der Waals surface area contributed by atoms with Gasteiger partial charge in [0.2, 0.25) is 0 Å². The van der Waals surface area contributed by atoms with Crippen LogP contribution in [0.5, 0.6) is 0 Å². The maximum atomic E-state index is 12.5. The third-order valence-corrected chi connectivity index (χ3v) is 1.77. The molecule has 1 aromatic carbocycles. The zero-order chi connectivity index (χ0) is 9.14. The van der Waals surface area contributed by atoms with Crippen molar-refractivity contribution in [3.05, 3.63) is 34.6 Å². The molecular weight excluding hydrogens is 181 g/mol. The summed E-state index contributed by atoms with van der Waals surface area (Å²) in [4.78, 5) is 0. The third-order valence-electron chi connectivity index (χ3n) is 1.42. The SMILES string of the molecule is OB(O)Cc1ccc(F)cc1Cl. The molecule has 12 heavy (non-hydrogen) atoms. The number of hydrogen-bond acceptors (Lipinski definition) is 2. The highest BCUT2D eigenvalue weighted by molar-refractivity contribution is 6.41. The average molecular weight is 188 g/mol. The normalized spacial score (nSPS) is 10.0. The largest absolute Gasteiger partial charge is 0.456 e. The first-order valence-corrected chi connectivity index (χ1v) is 3.77. The van der Waals surface area contributed by atoms with Crippen LogP contribution in [0.3, 0.4) is 0 Å². The lowest BCUT2D eigenvalue weighted by Gasteiger charge is -2.02. The molecule has 0 aliphatic rings. The predicted octanol–water partition coefficient (Wildman–Crippen LogP) is 1.03. The average Bonchev–Trinajstić information content (AvgIpc) is 1.94. The van der Waals surface area contributed by atoms with Crippen molar-refractivity contribution in [2.75, 3.05) is 0 Å². The maximum absolute atomic E-state index is 12.5. The van der Waals surface area contributed by atoms with Crippen molar-refractivity contribution in [1.29, 1.82) is 0 Å². The van der Waals surface area contributed by atoms with Gasteiger partial charge in [-0.15, -0.1) is 0 Å². The number of rotatable bonds is 2. The summed E-state index contributed by atoms with van der Waals surface area (Å²) < 4.78 is 12.5. The summed E-state index contributed by atoms with van der Waals surface area (Å²) in [6.45, 7) is 0. The van der Waals surface area contributed by atoms with Gasteiger partial charge < -0.3 is 10.0 Å². The lowest BCUT2D eigenvalue weighted by molar-refractivity contribution is 0.405. The summed E-state index contributed by atoms with van der Waals surface area (Å²) in [6.07, 6.45) is 0.0130. The van der Waals surface area contributed by atoms with Crippen molar-refractivity contribution in [1.82, 2.24) is 0 Å². The predicted molar refractivity (Wildman–Crippen MR) is 45.3 cm³/mol. The molecule has 0 saturated carbocycles.